The number of carbonyl (C=O) groups excluding carboxylic acids is 2. The topological polar surface area (TPSA) is 58.2 Å². The smallest absolute Gasteiger partial charge is 0.325 e. The van der Waals surface area contributed by atoms with E-state index in [1.165, 1.54) is 12.5 Å². The number of benzene rings is 2. The van der Waals surface area contributed by atoms with Crippen molar-refractivity contribution >= 4 is 23.2 Å². The molecule has 0 unspecified atom stereocenters. The van der Waals surface area contributed by atoms with Gasteiger partial charge in [0.1, 0.15) is 0 Å². The van der Waals surface area contributed by atoms with Gasteiger partial charge in [0, 0.05) is 13.3 Å². The largest absolute Gasteiger partial charge is 0.416 e. The van der Waals surface area contributed by atoms with Crippen molar-refractivity contribution in [2.24, 2.45) is 0 Å². The Kier molecular flexibility index (Phi) is 6.60. The number of halogens is 3. The lowest BCUT2D eigenvalue weighted by Crippen LogP contribution is -2.16. The monoisotopic (exact) mass is 378 g/mol. The van der Waals surface area contributed by atoms with Gasteiger partial charge in [-0.2, -0.15) is 13.2 Å². The molecule has 0 aliphatic rings. The van der Waals surface area contributed by atoms with E-state index in [4.69, 9.17) is 0 Å². The first-order valence-corrected chi connectivity index (χ1v) is 8.55. The quantitative estimate of drug-likeness (QED) is 0.759. The summed E-state index contributed by atoms with van der Waals surface area (Å²) in [6.07, 6.45) is -3.05. The molecule has 7 heteroatoms. The van der Waals surface area contributed by atoms with Crippen molar-refractivity contribution in [2.45, 2.75) is 39.3 Å². The van der Waals surface area contributed by atoms with Crippen LogP contribution in [-0.4, -0.2) is 11.8 Å². The molecule has 2 rings (SSSR count). The first-order chi connectivity index (χ1) is 12.7. The Hall–Kier alpha value is -2.83. The first-order valence-electron chi connectivity index (χ1n) is 8.55. The Labute approximate surface area is 155 Å². The Bertz CT molecular complexity index is 815. The molecule has 0 aliphatic carbocycles. The van der Waals surface area contributed by atoms with Gasteiger partial charge >= 0.3 is 6.18 Å². The van der Waals surface area contributed by atoms with Crippen LogP contribution in [0.25, 0.3) is 0 Å². The van der Waals surface area contributed by atoms with E-state index in [1.54, 1.807) is 0 Å². The maximum atomic E-state index is 12.9. The molecule has 0 heterocycles. The summed E-state index contributed by atoms with van der Waals surface area (Å²) >= 11 is 0. The molecule has 0 atom stereocenters. The highest BCUT2D eigenvalue weighted by molar-refractivity contribution is 5.99. The van der Waals surface area contributed by atoms with Crippen molar-refractivity contribution in [3.8, 4) is 0 Å². The summed E-state index contributed by atoms with van der Waals surface area (Å²) in [5.74, 6) is -0.873. The van der Waals surface area contributed by atoms with Gasteiger partial charge in [-0.25, -0.2) is 0 Å². The second kappa shape index (κ2) is 8.70. The molecule has 0 fully saturated rings. The van der Waals surface area contributed by atoms with Crippen molar-refractivity contribution < 1.29 is 22.8 Å². The number of aryl methyl sites for hydroxylation is 2. The maximum absolute atomic E-state index is 12.9. The number of rotatable bonds is 6. The zero-order valence-electron chi connectivity index (χ0n) is 15.1. The molecule has 0 radical (unpaired) electrons. The van der Waals surface area contributed by atoms with Gasteiger partial charge in [0.05, 0.1) is 16.9 Å². The molecule has 2 amide bonds. The van der Waals surface area contributed by atoms with E-state index in [-0.39, 0.29) is 17.8 Å². The molecule has 0 bridgehead atoms. The minimum Gasteiger partial charge on any atom is -0.325 e. The fraction of sp³-hybridized carbons (Fsp3) is 0.300. The Morgan fingerprint density at radius 3 is 2.11 bits per heavy atom. The van der Waals surface area contributed by atoms with E-state index < -0.39 is 23.6 Å². The van der Waals surface area contributed by atoms with E-state index in [2.05, 4.69) is 10.6 Å². The minimum absolute atomic E-state index is 0.0774. The molecule has 0 saturated heterocycles. The Morgan fingerprint density at radius 1 is 0.926 bits per heavy atom. The van der Waals surface area contributed by atoms with Crippen LogP contribution in [-0.2, 0) is 28.6 Å². The van der Waals surface area contributed by atoms with Crippen LogP contribution in [0, 0.1) is 0 Å². The van der Waals surface area contributed by atoms with Crippen LogP contribution in [0.5, 0.6) is 0 Å². The van der Waals surface area contributed by atoms with Gasteiger partial charge in [-0.05, 0) is 42.2 Å². The number of amides is 2. The highest BCUT2D eigenvalue weighted by Crippen LogP contribution is 2.34. The maximum Gasteiger partial charge on any atom is 0.416 e. The fourth-order valence-corrected chi connectivity index (χ4v) is 2.53. The lowest BCUT2D eigenvalue weighted by atomic mass is 10.1. The Balaban J connectivity index is 2.10. The number of anilines is 2. The third-order valence-electron chi connectivity index (χ3n) is 4.00. The molecule has 0 aromatic heterocycles. The SMILES string of the molecule is CCc1ccc(CCC(=O)Nc2cc(C(F)(F)F)ccc2NC(C)=O)cc1. The van der Waals surface area contributed by atoms with Gasteiger partial charge in [0.25, 0.3) is 0 Å². The van der Waals surface area contributed by atoms with Crippen LogP contribution < -0.4 is 10.6 Å². The summed E-state index contributed by atoms with van der Waals surface area (Å²) < 4.78 is 38.8. The molecule has 0 aliphatic heterocycles. The van der Waals surface area contributed by atoms with Crippen LogP contribution in [0.1, 0.15) is 37.0 Å². The van der Waals surface area contributed by atoms with E-state index in [1.807, 2.05) is 31.2 Å². The second-order valence-corrected chi connectivity index (χ2v) is 6.16. The summed E-state index contributed by atoms with van der Waals surface area (Å²) in [7, 11) is 0. The average molecular weight is 378 g/mol. The molecule has 144 valence electrons. The fourth-order valence-electron chi connectivity index (χ4n) is 2.53. The summed E-state index contributed by atoms with van der Waals surface area (Å²) in [6, 6.07) is 10.6. The summed E-state index contributed by atoms with van der Waals surface area (Å²) in [4.78, 5) is 23.5. The predicted octanol–water partition coefficient (Wildman–Crippen LogP) is 4.80. The van der Waals surface area contributed by atoms with Gasteiger partial charge < -0.3 is 10.6 Å². The molecule has 27 heavy (non-hydrogen) atoms. The number of alkyl halides is 3. The lowest BCUT2D eigenvalue weighted by molar-refractivity contribution is -0.137. The molecule has 2 aromatic rings. The zero-order chi connectivity index (χ0) is 20.0. The summed E-state index contributed by atoms with van der Waals surface area (Å²) in [5.41, 5.74) is 1.30. The normalized spacial score (nSPS) is 11.1. The summed E-state index contributed by atoms with van der Waals surface area (Å²) in [5, 5.41) is 4.89. The molecular weight excluding hydrogens is 357 g/mol. The molecular formula is C20H21F3N2O2. The highest BCUT2D eigenvalue weighted by atomic mass is 19.4. The van der Waals surface area contributed by atoms with Crippen molar-refractivity contribution in [3.05, 3.63) is 59.2 Å². The van der Waals surface area contributed by atoms with Crippen molar-refractivity contribution in [2.75, 3.05) is 10.6 Å². The second-order valence-electron chi connectivity index (χ2n) is 6.16. The van der Waals surface area contributed by atoms with Crippen LogP contribution in [0.15, 0.2) is 42.5 Å². The molecule has 0 saturated carbocycles. The average Bonchev–Trinajstić information content (AvgIpc) is 2.60. The first kappa shape index (κ1) is 20.5. The zero-order valence-corrected chi connectivity index (χ0v) is 15.1. The van der Waals surface area contributed by atoms with Crippen molar-refractivity contribution in [3.63, 3.8) is 0 Å². The van der Waals surface area contributed by atoms with E-state index in [0.717, 1.165) is 30.2 Å². The molecule has 2 N–H and O–H groups in total. The van der Waals surface area contributed by atoms with Crippen LogP contribution in [0.3, 0.4) is 0 Å². The molecule has 4 nitrogen and oxygen atoms in total. The Morgan fingerprint density at radius 2 is 1.56 bits per heavy atom. The van der Waals surface area contributed by atoms with Gasteiger partial charge in [-0.3, -0.25) is 9.59 Å². The van der Waals surface area contributed by atoms with Crippen molar-refractivity contribution in [1.82, 2.24) is 0 Å². The standard InChI is InChI=1S/C20H21F3N2O2/c1-3-14-4-6-15(7-5-14)8-11-19(27)25-18-12-16(20(21,22)23)9-10-17(18)24-13(2)26/h4-7,9-10,12H,3,8,11H2,1-2H3,(H,24,26)(H,25,27). The third-order valence-corrected chi connectivity index (χ3v) is 4.00. The third kappa shape index (κ3) is 6.13. The van der Waals surface area contributed by atoms with Crippen molar-refractivity contribution in [1.29, 1.82) is 0 Å². The van der Waals surface area contributed by atoms with Gasteiger partial charge in [0.2, 0.25) is 11.8 Å². The highest BCUT2D eigenvalue weighted by Gasteiger charge is 2.31. The van der Waals surface area contributed by atoms with Gasteiger partial charge in [-0.15, -0.1) is 0 Å². The summed E-state index contributed by atoms with van der Waals surface area (Å²) in [6.45, 7) is 3.29. The van der Waals surface area contributed by atoms with E-state index in [9.17, 15) is 22.8 Å². The van der Waals surface area contributed by atoms with Crippen LogP contribution in [0.2, 0.25) is 0 Å². The number of hydrogen-bond acceptors (Lipinski definition) is 2. The molecule has 2 aromatic carbocycles. The lowest BCUT2D eigenvalue weighted by Gasteiger charge is -2.15. The minimum atomic E-state index is -4.55. The number of nitrogens with one attached hydrogen (secondary N) is 2. The predicted molar refractivity (Wildman–Crippen MR) is 98.5 cm³/mol. The van der Waals surface area contributed by atoms with E-state index >= 15 is 0 Å². The van der Waals surface area contributed by atoms with Gasteiger partial charge in [0.15, 0.2) is 0 Å². The van der Waals surface area contributed by atoms with Crippen LogP contribution >= 0.6 is 0 Å². The van der Waals surface area contributed by atoms with E-state index in [0.29, 0.717) is 6.42 Å². The number of hydrogen-bond donors (Lipinski definition) is 2. The molecule has 0 spiro atoms. The van der Waals surface area contributed by atoms with Gasteiger partial charge in [-0.1, -0.05) is 31.2 Å². The van der Waals surface area contributed by atoms with Crippen LogP contribution in [0.4, 0.5) is 24.5 Å². The number of carbonyl (C=O) groups is 2.